The molecule has 0 spiro atoms. The van der Waals surface area contributed by atoms with Crippen LogP contribution in [0.15, 0.2) is 47.5 Å². The molecule has 4 rings (SSSR count). The van der Waals surface area contributed by atoms with E-state index in [9.17, 15) is 8.42 Å². The number of aryl methyl sites for hydroxylation is 2. The molecule has 1 aromatic carbocycles. The van der Waals surface area contributed by atoms with Gasteiger partial charge in [-0.1, -0.05) is 24.3 Å². The highest BCUT2D eigenvalue weighted by molar-refractivity contribution is 7.89. The summed E-state index contributed by atoms with van der Waals surface area (Å²) in [6.07, 6.45) is 1.82. The fourth-order valence-corrected chi connectivity index (χ4v) is 6.61. The van der Waals surface area contributed by atoms with Gasteiger partial charge >= 0.3 is 0 Å². The molecular weight excluding hydrogens is 378 g/mol. The smallest absolute Gasteiger partial charge is 0.244 e. The van der Waals surface area contributed by atoms with Crippen LogP contribution >= 0.6 is 11.3 Å². The molecule has 7 heteroatoms. The Hall–Kier alpha value is -1.80. The number of nitrogens with zero attached hydrogens (tertiary/aromatic N) is 3. The highest BCUT2D eigenvalue weighted by Crippen LogP contribution is 2.28. The van der Waals surface area contributed by atoms with Gasteiger partial charge in [0.2, 0.25) is 10.0 Å². The standard InChI is InChI=1S/C20H23N3O2S2/c1-15-13-19(16(2)26-15)27(24,25)23-11-9-22(10-12-23)14-18-6-3-5-17-7-4-8-21-20(17)18/h3-8,13H,9-12,14H2,1-2H3. The molecule has 5 nitrogen and oxygen atoms in total. The molecule has 0 atom stereocenters. The third-order valence-electron chi connectivity index (χ3n) is 5.05. The Balaban J connectivity index is 1.47. The molecule has 2 aromatic heterocycles. The summed E-state index contributed by atoms with van der Waals surface area (Å²) in [6.45, 7) is 7.12. The second-order valence-corrected chi connectivity index (χ2v) is 10.3. The normalized spacial score (nSPS) is 16.8. The van der Waals surface area contributed by atoms with Crippen LogP contribution < -0.4 is 0 Å². The summed E-state index contributed by atoms with van der Waals surface area (Å²) in [6, 6.07) is 12.0. The van der Waals surface area contributed by atoms with Crippen molar-refractivity contribution in [3.8, 4) is 0 Å². The number of sulfonamides is 1. The molecule has 3 aromatic rings. The van der Waals surface area contributed by atoms with E-state index in [4.69, 9.17) is 0 Å². The third kappa shape index (κ3) is 3.65. The minimum Gasteiger partial charge on any atom is -0.296 e. The molecule has 1 saturated heterocycles. The number of thiophene rings is 1. The minimum atomic E-state index is -3.40. The molecule has 3 heterocycles. The summed E-state index contributed by atoms with van der Waals surface area (Å²) >= 11 is 1.54. The number of para-hydroxylation sites is 1. The summed E-state index contributed by atoms with van der Waals surface area (Å²) in [7, 11) is -3.40. The van der Waals surface area contributed by atoms with Crippen molar-refractivity contribution in [1.82, 2.24) is 14.2 Å². The third-order valence-corrected chi connectivity index (χ3v) is 8.17. The van der Waals surface area contributed by atoms with Gasteiger partial charge in [-0.05, 0) is 31.5 Å². The molecule has 0 N–H and O–H groups in total. The molecule has 0 bridgehead atoms. The zero-order valence-electron chi connectivity index (χ0n) is 15.6. The number of pyridine rings is 1. The lowest BCUT2D eigenvalue weighted by atomic mass is 10.1. The van der Waals surface area contributed by atoms with Crippen LogP contribution in [0.5, 0.6) is 0 Å². The monoisotopic (exact) mass is 401 g/mol. The van der Waals surface area contributed by atoms with E-state index in [-0.39, 0.29) is 0 Å². The number of hydrogen-bond acceptors (Lipinski definition) is 5. The second kappa shape index (κ2) is 7.31. The van der Waals surface area contributed by atoms with Gasteiger partial charge in [-0.2, -0.15) is 4.31 Å². The molecular formula is C20H23N3O2S2. The number of rotatable bonds is 4. The number of benzene rings is 1. The molecule has 1 aliphatic heterocycles. The maximum atomic E-state index is 13.0. The van der Waals surface area contributed by atoms with Crippen LogP contribution in [0.2, 0.25) is 0 Å². The van der Waals surface area contributed by atoms with Crippen LogP contribution in [0.3, 0.4) is 0 Å². The van der Waals surface area contributed by atoms with Gasteiger partial charge in [-0.3, -0.25) is 9.88 Å². The van der Waals surface area contributed by atoms with Gasteiger partial charge < -0.3 is 0 Å². The first-order chi connectivity index (χ1) is 12.9. The summed E-state index contributed by atoms with van der Waals surface area (Å²) in [5, 5.41) is 1.14. The number of piperazine rings is 1. The van der Waals surface area contributed by atoms with Crippen molar-refractivity contribution < 1.29 is 8.42 Å². The van der Waals surface area contributed by atoms with E-state index in [1.165, 1.54) is 5.56 Å². The van der Waals surface area contributed by atoms with Gasteiger partial charge in [-0.25, -0.2) is 8.42 Å². The Bertz CT molecular complexity index is 1060. The van der Waals surface area contributed by atoms with E-state index in [1.807, 2.05) is 26.1 Å². The number of hydrogen-bond donors (Lipinski definition) is 0. The van der Waals surface area contributed by atoms with E-state index < -0.39 is 10.0 Å². The Labute approximate surface area is 164 Å². The van der Waals surface area contributed by atoms with Crippen molar-refractivity contribution in [3.63, 3.8) is 0 Å². The number of fused-ring (bicyclic) bond motifs is 1. The van der Waals surface area contributed by atoms with E-state index >= 15 is 0 Å². The Morgan fingerprint density at radius 3 is 2.52 bits per heavy atom. The van der Waals surface area contributed by atoms with Crippen LogP contribution in [-0.4, -0.2) is 48.8 Å². The van der Waals surface area contributed by atoms with Crippen LogP contribution in [0, 0.1) is 13.8 Å². The zero-order chi connectivity index (χ0) is 19.0. The van der Waals surface area contributed by atoms with Crippen LogP contribution in [0.4, 0.5) is 0 Å². The summed E-state index contributed by atoms with van der Waals surface area (Å²) in [5.41, 5.74) is 2.22. The van der Waals surface area contributed by atoms with Gasteiger partial charge in [0.25, 0.3) is 0 Å². The maximum Gasteiger partial charge on any atom is 0.244 e. The van der Waals surface area contributed by atoms with E-state index in [1.54, 1.807) is 21.7 Å². The summed E-state index contributed by atoms with van der Waals surface area (Å²) in [5.74, 6) is 0. The number of aromatic nitrogens is 1. The Kier molecular flexibility index (Phi) is 5.03. The van der Waals surface area contributed by atoms with Gasteiger partial charge in [0, 0.05) is 54.1 Å². The van der Waals surface area contributed by atoms with Crippen molar-refractivity contribution in [2.75, 3.05) is 26.2 Å². The van der Waals surface area contributed by atoms with Crippen molar-refractivity contribution in [3.05, 3.63) is 57.9 Å². The highest BCUT2D eigenvalue weighted by Gasteiger charge is 2.30. The van der Waals surface area contributed by atoms with Crippen molar-refractivity contribution in [2.24, 2.45) is 0 Å². The first-order valence-electron chi connectivity index (χ1n) is 9.07. The minimum absolute atomic E-state index is 0.469. The molecule has 1 aliphatic rings. The molecule has 0 radical (unpaired) electrons. The Morgan fingerprint density at radius 1 is 1.07 bits per heavy atom. The average Bonchev–Trinajstić information content (AvgIpc) is 3.01. The second-order valence-electron chi connectivity index (χ2n) is 6.95. The molecule has 0 saturated carbocycles. The lowest BCUT2D eigenvalue weighted by Gasteiger charge is -2.34. The first-order valence-corrected chi connectivity index (χ1v) is 11.3. The van der Waals surface area contributed by atoms with E-state index in [2.05, 4.69) is 34.1 Å². The van der Waals surface area contributed by atoms with Crippen LogP contribution in [0.25, 0.3) is 10.9 Å². The lowest BCUT2D eigenvalue weighted by molar-refractivity contribution is 0.182. The fourth-order valence-electron chi connectivity index (χ4n) is 3.67. The van der Waals surface area contributed by atoms with E-state index in [0.29, 0.717) is 18.0 Å². The molecule has 0 amide bonds. The molecule has 0 aliphatic carbocycles. The van der Waals surface area contributed by atoms with Gasteiger partial charge in [0.1, 0.15) is 0 Å². The molecule has 1 fully saturated rings. The van der Waals surface area contributed by atoms with Crippen LogP contribution in [0.1, 0.15) is 15.3 Å². The summed E-state index contributed by atoms with van der Waals surface area (Å²) in [4.78, 5) is 9.20. The predicted octanol–water partition coefficient (Wildman–Crippen LogP) is 3.42. The largest absolute Gasteiger partial charge is 0.296 e. The Morgan fingerprint density at radius 2 is 1.81 bits per heavy atom. The zero-order valence-corrected chi connectivity index (χ0v) is 17.2. The topological polar surface area (TPSA) is 53.5 Å². The fraction of sp³-hybridized carbons (Fsp3) is 0.350. The van der Waals surface area contributed by atoms with Crippen molar-refractivity contribution in [2.45, 2.75) is 25.3 Å². The molecule has 142 valence electrons. The SMILES string of the molecule is Cc1cc(S(=O)(=O)N2CCN(Cc3cccc4cccnc34)CC2)c(C)s1. The van der Waals surface area contributed by atoms with Crippen molar-refractivity contribution >= 4 is 32.3 Å². The van der Waals surface area contributed by atoms with Gasteiger partial charge in [-0.15, -0.1) is 11.3 Å². The highest BCUT2D eigenvalue weighted by atomic mass is 32.2. The van der Waals surface area contributed by atoms with Crippen molar-refractivity contribution in [1.29, 1.82) is 0 Å². The first kappa shape index (κ1) is 18.6. The maximum absolute atomic E-state index is 13.0. The van der Waals surface area contributed by atoms with E-state index in [0.717, 1.165) is 40.3 Å². The van der Waals surface area contributed by atoms with Gasteiger partial charge in [0.05, 0.1) is 10.4 Å². The average molecular weight is 402 g/mol. The quantitative estimate of drug-likeness (QED) is 0.672. The van der Waals surface area contributed by atoms with Crippen LogP contribution in [-0.2, 0) is 16.6 Å². The molecule has 27 heavy (non-hydrogen) atoms. The lowest BCUT2D eigenvalue weighted by Crippen LogP contribution is -2.48. The summed E-state index contributed by atoms with van der Waals surface area (Å²) < 4.78 is 27.6. The van der Waals surface area contributed by atoms with Gasteiger partial charge in [0.15, 0.2) is 0 Å². The predicted molar refractivity (Wildman–Crippen MR) is 110 cm³/mol. The molecule has 0 unspecified atom stereocenters.